The lowest BCUT2D eigenvalue weighted by atomic mass is 9.73. The van der Waals surface area contributed by atoms with E-state index in [0.717, 1.165) is 36.3 Å². The maximum Gasteiger partial charge on any atom is 0.124 e. The smallest absolute Gasteiger partial charge is 0.124 e. The molecule has 0 aliphatic carbocycles. The van der Waals surface area contributed by atoms with E-state index in [1.165, 1.54) is 0 Å². The van der Waals surface area contributed by atoms with Gasteiger partial charge >= 0.3 is 0 Å². The largest absolute Gasteiger partial charge is 0.493 e. The van der Waals surface area contributed by atoms with Gasteiger partial charge in [-0.05, 0) is 25.0 Å². The SMILES string of the molecule is Cn1nccc1CCC1(C#N)CCOc2ccccc21. The van der Waals surface area contributed by atoms with Crippen molar-refractivity contribution in [1.29, 1.82) is 5.26 Å². The molecule has 0 amide bonds. The number of fused-ring (bicyclic) bond motifs is 1. The Morgan fingerprint density at radius 1 is 1.40 bits per heavy atom. The van der Waals surface area contributed by atoms with E-state index in [2.05, 4.69) is 11.2 Å². The van der Waals surface area contributed by atoms with Crippen LogP contribution in [0, 0.1) is 11.3 Å². The lowest BCUT2D eigenvalue weighted by molar-refractivity contribution is 0.235. The third kappa shape index (κ3) is 2.05. The molecule has 1 aromatic heterocycles. The first-order chi connectivity index (χ1) is 9.75. The molecule has 1 atom stereocenters. The van der Waals surface area contributed by atoms with Gasteiger partial charge in [-0.3, -0.25) is 4.68 Å². The summed E-state index contributed by atoms with van der Waals surface area (Å²) in [4.78, 5) is 0. The zero-order valence-corrected chi connectivity index (χ0v) is 11.5. The molecular weight excluding hydrogens is 250 g/mol. The summed E-state index contributed by atoms with van der Waals surface area (Å²) in [5, 5.41) is 13.9. The van der Waals surface area contributed by atoms with Crippen LogP contribution in [0.5, 0.6) is 5.75 Å². The summed E-state index contributed by atoms with van der Waals surface area (Å²) in [6.07, 6.45) is 4.19. The molecule has 4 nitrogen and oxygen atoms in total. The Morgan fingerprint density at radius 3 is 3.00 bits per heavy atom. The third-order valence-corrected chi connectivity index (χ3v) is 4.13. The van der Waals surface area contributed by atoms with Crippen molar-refractivity contribution in [2.45, 2.75) is 24.7 Å². The van der Waals surface area contributed by atoms with Gasteiger partial charge in [0.1, 0.15) is 5.75 Å². The summed E-state index contributed by atoms with van der Waals surface area (Å²) in [5.74, 6) is 0.852. The number of aromatic nitrogens is 2. The van der Waals surface area contributed by atoms with Crippen LogP contribution in [0.2, 0.25) is 0 Å². The molecule has 4 heteroatoms. The number of para-hydroxylation sites is 1. The van der Waals surface area contributed by atoms with Gasteiger partial charge in [0.2, 0.25) is 0 Å². The summed E-state index contributed by atoms with van der Waals surface area (Å²) in [6, 6.07) is 12.4. The Hall–Kier alpha value is -2.28. The van der Waals surface area contributed by atoms with Crippen LogP contribution in [0.15, 0.2) is 36.5 Å². The van der Waals surface area contributed by atoms with Crippen LogP contribution in [0.1, 0.15) is 24.1 Å². The topological polar surface area (TPSA) is 50.8 Å². The van der Waals surface area contributed by atoms with Crippen LogP contribution in [-0.2, 0) is 18.9 Å². The van der Waals surface area contributed by atoms with Crippen LogP contribution in [0.4, 0.5) is 0 Å². The third-order valence-electron chi connectivity index (χ3n) is 4.13. The van der Waals surface area contributed by atoms with Gasteiger partial charge in [0.15, 0.2) is 0 Å². The van der Waals surface area contributed by atoms with Gasteiger partial charge in [-0.15, -0.1) is 0 Å². The number of nitriles is 1. The molecular formula is C16H17N3O. The summed E-state index contributed by atoms with van der Waals surface area (Å²) in [6.45, 7) is 0.607. The zero-order chi connectivity index (χ0) is 14.0. The minimum Gasteiger partial charge on any atom is -0.493 e. The number of hydrogen-bond acceptors (Lipinski definition) is 3. The average Bonchev–Trinajstić information content (AvgIpc) is 2.90. The molecule has 102 valence electrons. The van der Waals surface area contributed by atoms with Crippen molar-refractivity contribution >= 4 is 0 Å². The Morgan fingerprint density at radius 2 is 2.25 bits per heavy atom. The predicted octanol–water partition coefficient (Wildman–Crippen LogP) is 2.60. The van der Waals surface area contributed by atoms with Crippen molar-refractivity contribution in [3.63, 3.8) is 0 Å². The zero-order valence-electron chi connectivity index (χ0n) is 11.5. The summed E-state index contributed by atoms with van der Waals surface area (Å²) < 4.78 is 7.54. The minimum atomic E-state index is -0.445. The second-order valence-corrected chi connectivity index (χ2v) is 5.23. The molecule has 0 N–H and O–H groups in total. The van der Waals surface area contributed by atoms with Gasteiger partial charge in [0, 0.05) is 30.9 Å². The molecule has 0 spiro atoms. The number of nitrogens with zero attached hydrogens (tertiary/aromatic N) is 3. The number of aryl methyl sites for hydroxylation is 2. The minimum absolute atomic E-state index is 0.445. The second-order valence-electron chi connectivity index (χ2n) is 5.23. The van der Waals surface area contributed by atoms with E-state index in [0.29, 0.717) is 6.61 Å². The second kappa shape index (κ2) is 5.01. The summed E-state index contributed by atoms with van der Waals surface area (Å²) >= 11 is 0. The Kier molecular flexibility index (Phi) is 3.19. The van der Waals surface area contributed by atoms with E-state index in [4.69, 9.17) is 4.74 Å². The average molecular weight is 267 g/mol. The van der Waals surface area contributed by atoms with Gasteiger partial charge < -0.3 is 4.74 Å². The highest BCUT2D eigenvalue weighted by Crippen LogP contribution is 2.41. The van der Waals surface area contributed by atoms with Crippen LogP contribution >= 0.6 is 0 Å². The fourth-order valence-corrected chi connectivity index (χ4v) is 2.88. The van der Waals surface area contributed by atoms with Gasteiger partial charge in [-0.25, -0.2) is 0 Å². The highest BCUT2D eigenvalue weighted by atomic mass is 16.5. The molecule has 2 aromatic rings. The van der Waals surface area contributed by atoms with E-state index in [1.54, 1.807) is 6.20 Å². The highest BCUT2D eigenvalue weighted by molar-refractivity contribution is 5.45. The summed E-state index contributed by atoms with van der Waals surface area (Å²) in [5.41, 5.74) is 1.73. The number of hydrogen-bond donors (Lipinski definition) is 0. The van der Waals surface area contributed by atoms with E-state index in [-0.39, 0.29) is 0 Å². The van der Waals surface area contributed by atoms with Gasteiger partial charge in [-0.2, -0.15) is 10.4 Å². The summed E-state index contributed by atoms with van der Waals surface area (Å²) in [7, 11) is 1.94. The Labute approximate surface area is 118 Å². The first-order valence-electron chi connectivity index (χ1n) is 6.86. The quantitative estimate of drug-likeness (QED) is 0.859. The van der Waals surface area contributed by atoms with Crippen molar-refractivity contribution in [2.75, 3.05) is 6.61 Å². The van der Waals surface area contributed by atoms with Crippen molar-refractivity contribution < 1.29 is 4.74 Å². The standard InChI is InChI=1S/C16H17N3O/c1-19-13(7-10-18-19)6-8-16(12-17)9-11-20-15-5-3-2-4-14(15)16/h2-5,7,10H,6,8-9,11H2,1H3. The lowest BCUT2D eigenvalue weighted by Gasteiger charge is -2.33. The Balaban J connectivity index is 1.90. The predicted molar refractivity (Wildman–Crippen MR) is 75.4 cm³/mol. The molecule has 1 aromatic carbocycles. The number of rotatable bonds is 3. The highest BCUT2D eigenvalue weighted by Gasteiger charge is 2.37. The maximum atomic E-state index is 9.76. The molecule has 0 bridgehead atoms. The fourth-order valence-electron chi connectivity index (χ4n) is 2.88. The molecule has 0 saturated carbocycles. The lowest BCUT2D eigenvalue weighted by Crippen LogP contribution is -2.32. The van der Waals surface area contributed by atoms with E-state index < -0.39 is 5.41 Å². The normalized spacial score (nSPS) is 20.8. The monoisotopic (exact) mass is 267 g/mol. The molecule has 3 rings (SSSR count). The molecule has 1 unspecified atom stereocenters. The molecule has 0 fully saturated rings. The first-order valence-corrected chi connectivity index (χ1v) is 6.86. The molecule has 20 heavy (non-hydrogen) atoms. The van der Waals surface area contributed by atoms with Crippen molar-refractivity contribution in [3.05, 3.63) is 47.8 Å². The van der Waals surface area contributed by atoms with Crippen LogP contribution in [-0.4, -0.2) is 16.4 Å². The molecule has 1 aliphatic heterocycles. The van der Waals surface area contributed by atoms with E-state index in [9.17, 15) is 5.26 Å². The molecule has 0 saturated heterocycles. The number of ether oxygens (including phenoxy) is 1. The van der Waals surface area contributed by atoms with E-state index in [1.807, 2.05) is 42.1 Å². The van der Waals surface area contributed by atoms with Gasteiger partial charge in [0.25, 0.3) is 0 Å². The Bertz CT molecular complexity index is 656. The van der Waals surface area contributed by atoms with Crippen LogP contribution in [0.25, 0.3) is 0 Å². The molecule has 2 heterocycles. The van der Waals surface area contributed by atoms with Crippen molar-refractivity contribution in [2.24, 2.45) is 7.05 Å². The first kappa shape index (κ1) is 12.7. The maximum absolute atomic E-state index is 9.76. The molecule has 1 aliphatic rings. The fraction of sp³-hybridized carbons (Fsp3) is 0.375. The van der Waals surface area contributed by atoms with Crippen molar-refractivity contribution in [1.82, 2.24) is 9.78 Å². The number of benzene rings is 1. The van der Waals surface area contributed by atoms with Gasteiger partial charge in [0.05, 0.1) is 18.1 Å². The van der Waals surface area contributed by atoms with Crippen LogP contribution in [0.3, 0.4) is 0 Å². The van der Waals surface area contributed by atoms with Crippen molar-refractivity contribution in [3.8, 4) is 11.8 Å². The van der Waals surface area contributed by atoms with E-state index >= 15 is 0 Å². The van der Waals surface area contributed by atoms with Gasteiger partial charge in [-0.1, -0.05) is 18.2 Å². The van der Waals surface area contributed by atoms with Crippen LogP contribution < -0.4 is 4.74 Å². The molecule has 0 radical (unpaired) electrons.